The second-order valence-electron chi connectivity index (χ2n) is 7.25. The first kappa shape index (κ1) is 20.5. The fraction of sp³-hybridized carbons (Fsp3) is 0.217. The van der Waals surface area contributed by atoms with Crippen LogP contribution in [-0.2, 0) is 9.53 Å². The summed E-state index contributed by atoms with van der Waals surface area (Å²) in [7, 11) is 0. The molecule has 158 valence electrons. The molecule has 0 bridgehead atoms. The molecular weight excluding hydrogens is 396 g/mol. The zero-order valence-corrected chi connectivity index (χ0v) is 17.1. The fourth-order valence-corrected chi connectivity index (χ4v) is 3.57. The number of anilines is 2. The van der Waals surface area contributed by atoms with Gasteiger partial charge in [-0.1, -0.05) is 12.1 Å². The summed E-state index contributed by atoms with van der Waals surface area (Å²) in [5.41, 5.74) is 3.52. The normalized spacial score (nSPS) is 14.2. The third-order valence-corrected chi connectivity index (χ3v) is 5.10. The van der Waals surface area contributed by atoms with E-state index in [9.17, 15) is 14.9 Å². The van der Waals surface area contributed by atoms with Gasteiger partial charge in [0.05, 0.1) is 29.3 Å². The van der Waals surface area contributed by atoms with E-state index in [1.54, 1.807) is 18.2 Å². The third-order valence-electron chi connectivity index (χ3n) is 5.10. The van der Waals surface area contributed by atoms with Crippen LogP contribution in [0, 0.1) is 17.0 Å². The molecule has 0 spiro atoms. The van der Waals surface area contributed by atoms with Crippen molar-refractivity contribution in [3.8, 4) is 0 Å². The van der Waals surface area contributed by atoms with Crippen LogP contribution in [0.5, 0.6) is 0 Å². The molecule has 1 saturated heterocycles. The van der Waals surface area contributed by atoms with Crippen molar-refractivity contribution in [3.63, 3.8) is 0 Å². The van der Waals surface area contributed by atoms with Crippen molar-refractivity contribution in [3.05, 3.63) is 76.0 Å². The summed E-state index contributed by atoms with van der Waals surface area (Å²) in [5.74, 6) is -0.326. The van der Waals surface area contributed by atoms with Gasteiger partial charge in [-0.15, -0.1) is 0 Å². The van der Waals surface area contributed by atoms with Crippen LogP contribution in [0.2, 0.25) is 0 Å². The molecular formula is C23H22N4O4. The average molecular weight is 418 g/mol. The highest BCUT2D eigenvalue weighted by molar-refractivity contribution is 6.07. The Kier molecular flexibility index (Phi) is 5.90. The number of nitro groups is 1. The van der Waals surface area contributed by atoms with Crippen LogP contribution in [-0.4, -0.2) is 42.1 Å². The number of carbonyl (C=O) groups excluding carboxylic acids is 1. The Labute approximate surface area is 179 Å². The lowest BCUT2D eigenvalue weighted by atomic mass is 10.1. The van der Waals surface area contributed by atoms with Crippen molar-refractivity contribution < 1.29 is 14.5 Å². The van der Waals surface area contributed by atoms with Crippen LogP contribution in [0.3, 0.4) is 0 Å². The van der Waals surface area contributed by atoms with Crippen molar-refractivity contribution in [1.82, 2.24) is 4.98 Å². The average Bonchev–Trinajstić information content (AvgIpc) is 2.78. The molecule has 1 aliphatic rings. The van der Waals surface area contributed by atoms with Gasteiger partial charge < -0.3 is 15.0 Å². The molecule has 1 amide bonds. The molecule has 3 aromatic rings. The number of ether oxygens (including phenoxy) is 1. The van der Waals surface area contributed by atoms with Gasteiger partial charge in [-0.25, -0.2) is 0 Å². The van der Waals surface area contributed by atoms with Crippen molar-refractivity contribution in [1.29, 1.82) is 0 Å². The highest BCUT2D eigenvalue weighted by atomic mass is 16.6. The summed E-state index contributed by atoms with van der Waals surface area (Å²) in [4.78, 5) is 30.0. The van der Waals surface area contributed by atoms with Gasteiger partial charge in [-0.3, -0.25) is 19.9 Å². The minimum absolute atomic E-state index is 0.0138. The molecule has 1 aliphatic heterocycles. The van der Waals surface area contributed by atoms with Gasteiger partial charge in [-0.2, -0.15) is 0 Å². The third kappa shape index (κ3) is 4.70. The zero-order valence-electron chi connectivity index (χ0n) is 17.1. The summed E-state index contributed by atoms with van der Waals surface area (Å²) >= 11 is 0. The van der Waals surface area contributed by atoms with Crippen LogP contribution in [0.25, 0.3) is 17.0 Å². The van der Waals surface area contributed by atoms with Crippen LogP contribution >= 0.6 is 0 Å². The van der Waals surface area contributed by atoms with Crippen molar-refractivity contribution in [2.45, 2.75) is 6.92 Å². The predicted octanol–water partition coefficient (Wildman–Crippen LogP) is 3.94. The Bertz CT molecular complexity index is 1170. The molecule has 0 unspecified atom stereocenters. The first-order valence-corrected chi connectivity index (χ1v) is 9.98. The number of nitrogens with one attached hydrogen (secondary N) is 1. The van der Waals surface area contributed by atoms with E-state index in [-0.39, 0.29) is 11.6 Å². The van der Waals surface area contributed by atoms with E-state index in [4.69, 9.17) is 4.74 Å². The van der Waals surface area contributed by atoms with E-state index >= 15 is 0 Å². The smallest absolute Gasteiger partial charge is 0.293 e. The van der Waals surface area contributed by atoms with Crippen molar-refractivity contribution in [2.24, 2.45) is 0 Å². The summed E-state index contributed by atoms with van der Waals surface area (Å²) in [6, 6.07) is 14.3. The minimum Gasteiger partial charge on any atom is -0.378 e. The Morgan fingerprint density at radius 2 is 2.00 bits per heavy atom. The molecule has 8 nitrogen and oxygen atoms in total. The highest BCUT2D eigenvalue weighted by Crippen LogP contribution is 2.30. The Balaban J connectivity index is 1.52. The van der Waals surface area contributed by atoms with Gasteiger partial charge in [0.2, 0.25) is 5.91 Å². The number of aryl methyl sites for hydroxylation is 1. The summed E-state index contributed by atoms with van der Waals surface area (Å²) in [6.07, 6.45) is 2.94. The monoisotopic (exact) mass is 418 g/mol. The van der Waals surface area contributed by atoms with Crippen LogP contribution in [0.1, 0.15) is 11.3 Å². The van der Waals surface area contributed by atoms with Gasteiger partial charge in [0.15, 0.2) is 0 Å². The van der Waals surface area contributed by atoms with Crippen LogP contribution in [0.4, 0.5) is 17.1 Å². The van der Waals surface area contributed by atoms with Crippen LogP contribution < -0.4 is 10.2 Å². The van der Waals surface area contributed by atoms with Crippen LogP contribution in [0.15, 0.2) is 54.6 Å². The predicted molar refractivity (Wildman–Crippen MR) is 120 cm³/mol. The van der Waals surface area contributed by atoms with E-state index < -0.39 is 4.92 Å². The quantitative estimate of drug-likeness (QED) is 0.383. The number of benzene rings is 2. The summed E-state index contributed by atoms with van der Waals surface area (Å²) in [6.45, 7) is 4.22. The maximum Gasteiger partial charge on any atom is 0.293 e. The SMILES string of the molecule is Cc1ccc2c(NC(=O)/C=C/c3ccc(N4CCOCC4)c([N+](=O)[O-])c3)cccc2n1. The molecule has 31 heavy (non-hydrogen) atoms. The number of hydrogen-bond donors (Lipinski definition) is 1. The molecule has 0 saturated carbocycles. The summed E-state index contributed by atoms with van der Waals surface area (Å²) < 4.78 is 5.32. The first-order valence-electron chi connectivity index (χ1n) is 9.98. The van der Waals surface area contributed by atoms with E-state index in [0.29, 0.717) is 43.2 Å². The standard InChI is InChI=1S/C23H22N4O4/c1-16-5-8-18-19(24-16)3-2-4-20(18)25-23(28)10-7-17-6-9-21(22(15-17)27(29)30)26-11-13-31-14-12-26/h2-10,15H,11-14H2,1H3,(H,25,28)/b10-7+. The first-order chi connectivity index (χ1) is 15.0. The molecule has 0 atom stereocenters. The molecule has 1 aromatic heterocycles. The number of hydrogen-bond acceptors (Lipinski definition) is 6. The molecule has 0 aliphatic carbocycles. The highest BCUT2D eigenvalue weighted by Gasteiger charge is 2.21. The number of aromatic nitrogens is 1. The zero-order chi connectivity index (χ0) is 21.8. The van der Waals surface area contributed by atoms with E-state index in [0.717, 1.165) is 16.6 Å². The number of morpholine rings is 1. The number of pyridine rings is 1. The minimum atomic E-state index is -0.396. The van der Waals surface area contributed by atoms with E-state index in [2.05, 4.69) is 10.3 Å². The lowest BCUT2D eigenvalue weighted by Gasteiger charge is -2.28. The van der Waals surface area contributed by atoms with Crippen molar-refractivity contribution >= 4 is 39.9 Å². The molecule has 1 N–H and O–H groups in total. The molecule has 8 heteroatoms. The number of fused-ring (bicyclic) bond motifs is 1. The molecule has 1 fully saturated rings. The van der Waals surface area contributed by atoms with Gasteiger partial charge in [0.25, 0.3) is 5.69 Å². The fourth-order valence-electron chi connectivity index (χ4n) is 3.57. The maximum absolute atomic E-state index is 12.5. The second-order valence-corrected chi connectivity index (χ2v) is 7.25. The Morgan fingerprint density at radius 3 is 2.77 bits per heavy atom. The number of amides is 1. The second kappa shape index (κ2) is 8.93. The van der Waals surface area contributed by atoms with E-state index in [1.165, 1.54) is 12.1 Å². The number of nitro benzene ring substituents is 1. The topological polar surface area (TPSA) is 97.6 Å². The maximum atomic E-state index is 12.5. The van der Waals surface area contributed by atoms with E-state index in [1.807, 2.05) is 42.2 Å². The van der Waals surface area contributed by atoms with Gasteiger partial charge in [0, 0.05) is 36.3 Å². The summed E-state index contributed by atoms with van der Waals surface area (Å²) in [5, 5.41) is 15.3. The Hall–Kier alpha value is -3.78. The van der Waals surface area contributed by atoms with Gasteiger partial charge in [0.1, 0.15) is 5.69 Å². The van der Waals surface area contributed by atoms with Gasteiger partial charge >= 0.3 is 0 Å². The molecule has 4 rings (SSSR count). The number of rotatable bonds is 5. The number of nitrogens with zero attached hydrogens (tertiary/aromatic N) is 3. The Morgan fingerprint density at radius 1 is 1.19 bits per heavy atom. The largest absolute Gasteiger partial charge is 0.378 e. The van der Waals surface area contributed by atoms with Gasteiger partial charge in [-0.05, 0) is 48.9 Å². The number of carbonyl (C=O) groups is 1. The molecule has 0 radical (unpaired) electrons. The molecule has 2 heterocycles. The lowest BCUT2D eigenvalue weighted by Crippen LogP contribution is -2.36. The molecule has 2 aromatic carbocycles. The van der Waals surface area contributed by atoms with Crippen molar-refractivity contribution in [2.75, 3.05) is 36.5 Å². The lowest BCUT2D eigenvalue weighted by molar-refractivity contribution is -0.384.